The molecule has 0 amide bonds. The summed E-state index contributed by atoms with van der Waals surface area (Å²) in [4.78, 5) is 23.7. The normalized spacial score (nSPS) is 10.8. The van der Waals surface area contributed by atoms with E-state index in [-0.39, 0.29) is 0 Å². The van der Waals surface area contributed by atoms with E-state index in [1.165, 1.54) is 0 Å². The first-order valence-corrected chi connectivity index (χ1v) is 7.85. The molecular weight excluding hydrogens is 326 g/mol. The Kier molecular flexibility index (Phi) is 4.40. The van der Waals surface area contributed by atoms with Gasteiger partial charge < -0.3 is 9.30 Å². The molecule has 0 fully saturated rings. The van der Waals surface area contributed by atoms with Crippen molar-refractivity contribution in [1.29, 1.82) is 0 Å². The van der Waals surface area contributed by atoms with Crippen LogP contribution < -0.4 is 4.74 Å². The fourth-order valence-electron chi connectivity index (χ4n) is 2.94. The van der Waals surface area contributed by atoms with Gasteiger partial charge >= 0.3 is 0 Å². The van der Waals surface area contributed by atoms with E-state index in [4.69, 9.17) is 16.3 Å². The maximum absolute atomic E-state index is 12.3. The Morgan fingerprint density at radius 2 is 1.83 bits per heavy atom. The number of halogens is 1. The number of methoxy groups -OCH3 is 1. The number of benzene rings is 2. The number of ether oxygens (including phenoxy) is 1. The minimum absolute atomic E-state index is 0.333. The summed E-state index contributed by atoms with van der Waals surface area (Å²) >= 11 is 5.45. The quantitative estimate of drug-likeness (QED) is 0.401. The molecule has 0 spiro atoms. The van der Waals surface area contributed by atoms with E-state index in [1.54, 1.807) is 13.2 Å². The molecule has 0 N–H and O–H groups in total. The molecule has 0 radical (unpaired) electrons. The minimum Gasteiger partial charge on any atom is -0.497 e. The van der Waals surface area contributed by atoms with Gasteiger partial charge in [0.15, 0.2) is 0 Å². The second-order valence-corrected chi connectivity index (χ2v) is 5.86. The maximum atomic E-state index is 12.3. The van der Waals surface area contributed by atoms with Crippen LogP contribution >= 0.6 is 11.6 Å². The van der Waals surface area contributed by atoms with Crippen molar-refractivity contribution in [2.75, 3.05) is 7.11 Å². The number of hydrogen-bond acceptors (Lipinski definition) is 3. The zero-order valence-electron chi connectivity index (χ0n) is 13.4. The van der Waals surface area contributed by atoms with Gasteiger partial charge in [-0.05, 0) is 42.3 Å². The van der Waals surface area contributed by atoms with Crippen molar-refractivity contribution in [3.05, 3.63) is 65.4 Å². The molecule has 3 rings (SSSR count). The molecule has 0 unspecified atom stereocenters. The van der Waals surface area contributed by atoms with Gasteiger partial charge in [-0.2, -0.15) is 0 Å². The molecule has 0 atom stereocenters. The van der Waals surface area contributed by atoms with Gasteiger partial charge in [0.1, 0.15) is 5.75 Å². The van der Waals surface area contributed by atoms with Gasteiger partial charge in [-0.25, -0.2) is 0 Å². The molecule has 5 heteroatoms. The lowest BCUT2D eigenvalue weighted by Gasteiger charge is -2.09. The van der Waals surface area contributed by atoms with Crippen molar-refractivity contribution in [3.63, 3.8) is 0 Å². The molecule has 1 aromatic heterocycles. The number of Topliss-reactive ketones (excluding diaryl/α,β-unsaturated/α-hetero) is 1. The fourth-order valence-corrected chi connectivity index (χ4v) is 3.04. The lowest BCUT2D eigenvalue weighted by atomic mass is 10.1. The molecule has 0 aliphatic heterocycles. The second kappa shape index (κ2) is 6.49. The van der Waals surface area contributed by atoms with Gasteiger partial charge in [-0.1, -0.05) is 30.3 Å². The molecular formula is C19H16ClNO3. The van der Waals surface area contributed by atoms with E-state index >= 15 is 0 Å². The highest BCUT2D eigenvalue weighted by Crippen LogP contribution is 2.31. The molecule has 0 saturated carbocycles. The van der Waals surface area contributed by atoms with Crippen LogP contribution in [0.15, 0.2) is 48.5 Å². The highest BCUT2D eigenvalue weighted by atomic mass is 35.5. The monoisotopic (exact) mass is 341 g/mol. The molecule has 0 aliphatic rings. The zero-order chi connectivity index (χ0) is 17.3. The average molecular weight is 342 g/mol. The van der Waals surface area contributed by atoms with Gasteiger partial charge in [0.25, 0.3) is 5.24 Å². The van der Waals surface area contributed by atoms with Crippen LogP contribution in [0.4, 0.5) is 0 Å². The third-order valence-electron chi connectivity index (χ3n) is 4.12. The van der Waals surface area contributed by atoms with E-state index in [2.05, 4.69) is 0 Å². The Morgan fingerprint density at radius 3 is 2.46 bits per heavy atom. The smallest absolute Gasteiger partial charge is 0.293 e. The number of hydrogen-bond donors (Lipinski definition) is 0. The van der Waals surface area contributed by atoms with E-state index < -0.39 is 11.0 Å². The van der Waals surface area contributed by atoms with E-state index in [1.807, 2.05) is 54.0 Å². The molecule has 3 aromatic rings. The van der Waals surface area contributed by atoms with Gasteiger partial charge in [-0.3, -0.25) is 9.59 Å². The van der Waals surface area contributed by atoms with Crippen molar-refractivity contribution in [2.24, 2.45) is 0 Å². The molecule has 0 bridgehead atoms. The van der Waals surface area contributed by atoms with Crippen LogP contribution in [0.5, 0.6) is 5.75 Å². The second-order valence-electron chi connectivity index (χ2n) is 5.52. The van der Waals surface area contributed by atoms with Crippen LogP contribution in [0.3, 0.4) is 0 Å². The SMILES string of the molecule is COc1ccc2c(c1)c(C(=O)C(=O)Cl)c(C)n2Cc1ccccc1. The summed E-state index contributed by atoms with van der Waals surface area (Å²) in [6.45, 7) is 2.42. The highest BCUT2D eigenvalue weighted by Gasteiger charge is 2.24. The Hall–Kier alpha value is -2.59. The number of carbonyl (C=O) groups excluding carboxylic acids is 2. The lowest BCUT2D eigenvalue weighted by molar-refractivity contribution is -0.108. The topological polar surface area (TPSA) is 48.3 Å². The summed E-state index contributed by atoms with van der Waals surface area (Å²) in [5.74, 6) is -0.0744. The number of rotatable bonds is 5. The predicted octanol–water partition coefficient (Wildman–Crippen LogP) is 3.95. The number of carbonyl (C=O) groups is 2. The van der Waals surface area contributed by atoms with Gasteiger partial charge in [0, 0.05) is 23.1 Å². The third-order valence-corrected chi connectivity index (χ3v) is 4.29. The zero-order valence-corrected chi connectivity index (χ0v) is 14.1. The lowest BCUT2D eigenvalue weighted by Crippen LogP contribution is -2.10. The number of aromatic nitrogens is 1. The van der Waals surface area contributed by atoms with Crippen LogP contribution in [-0.4, -0.2) is 22.7 Å². The Labute approximate surface area is 144 Å². The molecule has 2 aromatic carbocycles. The maximum Gasteiger partial charge on any atom is 0.293 e. The average Bonchev–Trinajstić information content (AvgIpc) is 2.86. The van der Waals surface area contributed by atoms with Crippen molar-refractivity contribution in [3.8, 4) is 5.75 Å². The molecule has 0 aliphatic carbocycles. The van der Waals surface area contributed by atoms with Crippen LogP contribution in [0.1, 0.15) is 21.6 Å². The van der Waals surface area contributed by atoms with E-state index in [0.717, 1.165) is 11.1 Å². The first kappa shape index (κ1) is 16.3. The van der Waals surface area contributed by atoms with Crippen molar-refractivity contribution < 1.29 is 14.3 Å². The van der Waals surface area contributed by atoms with Crippen molar-refractivity contribution in [1.82, 2.24) is 4.57 Å². The fraction of sp³-hybridized carbons (Fsp3) is 0.158. The largest absolute Gasteiger partial charge is 0.497 e. The van der Waals surface area contributed by atoms with Gasteiger partial charge in [0.2, 0.25) is 5.78 Å². The van der Waals surface area contributed by atoms with Crippen molar-refractivity contribution in [2.45, 2.75) is 13.5 Å². The number of nitrogens with zero attached hydrogens (tertiary/aromatic N) is 1. The van der Waals surface area contributed by atoms with Crippen LogP contribution in [0.2, 0.25) is 0 Å². The first-order valence-electron chi connectivity index (χ1n) is 7.48. The van der Waals surface area contributed by atoms with Gasteiger partial charge in [-0.15, -0.1) is 0 Å². The first-order chi connectivity index (χ1) is 11.5. The molecule has 4 nitrogen and oxygen atoms in total. The predicted molar refractivity (Wildman–Crippen MR) is 94.0 cm³/mol. The van der Waals surface area contributed by atoms with Crippen LogP contribution in [0.25, 0.3) is 10.9 Å². The van der Waals surface area contributed by atoms with Crippen LogP contribution in [0, 0.1) is 6.92 Å². The molecule has 122 valence electrons. The summed E-state index contributed by atoms with van der Waals surface area (Å²) < 4.78 is 7.26. The molecule has 24 heavy (non-hydrogen) atoms. The molecule has 0 saturated heterocycles. The van der Waals surface area contributed by atoms with Crippen molar-refractivity contribution >= 4 is 33.5 Å². The Morgan fingerprint density at radius 1 is 1.12 bits per heavy atom. The summed E-state index contributed by atoms with van der Waals surface area (Å²) in [7, 11) is 1.56. The van der Waals surface area contributed by atoms with E-state index in [0.29, 0.717) is 28.9 Å². The highest BCUT2D eigenvalue weighted by molar-refractivity contribution is 6.83. The summed E-state index contributed by atoms with van der Waals surface area (Å²) in [6.07, 6.45) is 0. The van der Waals surface area contributed by atoms with E-state index in [9.17, 15) is 9.59 Å². The molecule has 1 heterocycles. The van der Waals surface area contributed by atoms with Crippen LogP contribution in [-0.2, 0) is 11.3 Å². The Bertz CT molecular complexity index is 929. The summed E-state index contributed by atoms with van der Waals surface area (Å²) in [5, 5.41) is -0.318. The third kappa shape index (κ3) is 2.81. The standard InChI is InChI=1S/C19H16ClNO3/c1-12-17(18(22)19(20)23)15-10-14(24-2)8-9-16(15)21(12)11-13-6-4-3-5-7-13/h3-10H,11H2,1-2H3. The Balaban J connectivity index is 2.24. The van der Waals surface area contributed by atoms with Gasteiger partial charge in [0.05, 0.1) is 12.7 Å². The summed E-state index contributed by atoms with van der Waals surface area (Å²) in [6, 6.07) is 15.4. The number of ketones is 1. The minimum atomic E-state index is -0.986. The number of fused-ring (bicyclic) bond motifs is 1. The summed E-state index contributed by atoms with van der Waals surface area (Å²) in [5.41, 5.74) is 3.00.